The Hall–Kier alpha value is -0.0400. The Morgan fingerprint density at radius 1 is 1.23 bits per heavy atom. The second kappa shape index (κ2) is 5.64. The van der Waals surface area contributed by atoms with Crippen LogP contribution in [0.3, 0.4) is 0 Å². The number of hydrogen-bond donors (Lipinski definition) is 1. The molecule has 1 fully saturated rings. The summed E-state index contributed by atoms with van der Waals surface area (Å²) < 4.78 is 0. The molecule has 0 saturated heterocycles. The standard InChI is InChI=1S/C12H25N/c1-4-9-13-11(3)12-7-5-10(2)6-8-12/h10-13H,4-9H2,1-3H3. The van der Waals surface area contributed by atoms with Gasteiger partial charge in [0.15, 0.2) is 0 Å². The lowest BCUT2D eigenvalue weighted by Gasteiger charge is -2.31. The molecule has 78 valence electrons. The highest BCUT2D eigenvalue weighted by molar-refractivity contribution is 4.77. The maximum Gasteiger partial charge on any atom is 0.00669 e. The summed E-state index contributed by atoms with van der Waals surface area (Å²) in [6.07, 6.45) is 7.04. The third-order valence-corrected chi connectivity index (χ3v) is 3.48. The van der Waals surface area contributed by atoms with Gasteiger partial charge in [0.2, 0.25) is 0 Å². The van der Waals surface area contributed by atoms with E-state index in [0.717, 1.165) is 17.9 Å². The fourth-order valence-electron chi connectivity index (χ4n) is 2.32. The van der Waals surface area contributed by atoms with E-state index in [0.29, 0.717) is 0 Å². The minimum atomic E-state index is 0.743. The Morgan fingerprint density at radius 2 is 1.85 bits per heavy atom. The number of nitrogens with one attached hydrogen (secondary N) is 1. The molecule has 1 atom stereocenters. The van der Waals surface area contributed by atoms with E-state index in [2.05, 4.69) is 26.1 Å². The first-order valence-electron chi connectivity index (χ1n) is 5.97. The molecular weight excluding hydrogens is 158 g/mol. The maximum atomic E-state index is 3.62. The normalized spacial score (nSPS) is 31.6. The van der Waals surface area contributed by atoms with E-state index < -0.39 is 0 Å². The highest BCUT2D eigenvalue weighted by Crippen LogP contribution is 2.30. The molecule has 1 N–H and O–H groups in total. The highest BCUT2D eigenvalue weighted by Gasteiger charge is 2.22. The molecule has 0 heterocycles. The van der Waals surface area contributed by atoms with Crippen LogP contribution in [0.5, 0.6) is 0 Å². The first kappa shape index (κ1) is 11.0. The van der Waals surface area contributed by atoms with Crippen molar-refractivity contribution in [3.05, 3.63) is 0 Å². The van der Waals surface area contributed by atoms with Crippen molar-refractivity contribution < 1.29 is 0 Å². The van der Waals surface area contributed by atoms with Crippen LogP contribution in [-0.4, -0.2) is 12.6 Å². The predicted molar refractivity (Wildman–Crippen MR) is 58.9 cm³/mol. The molecular formula is C12H25N. The molecule has 13 heavy (non-hydrogen) atoms. The monoisotopic (exact) mass is 183 g/mol. The van der Waals surface area contributed by atoms with Gasteiger partial charge >= 0.3 is 0 Å². The van der Waals surface area contributed by atoms with Gasteiger partial charge in [0.25, 0.3) is 0 Å². The summed E-state index contributed by atoms with van der Waals surface area (Å²) in [6.45, 7) is 8.17. The van der Waals surface area contributed by atoms with Crippen LogP contribution in [0.2, 0.25) is 0 Å². The molecule has 0 aromatic heterocycles. The van der Waals surface area contributed by atoms with E-state index in [4.69, 9.17) is 0 Å². The quantitative estimate of drug-likeness (QED) is 0.706. The van der Waals surface area contributed by atoms with Gasteiger partial charge in [0.05, 0.1) is 0 Å². The smallest absolute Gasteiger partial charge is 0.00669 e. The SMILES string of the molecule is CCCNC(C)C1CCC(C)CC1. The minimum absolute atomic E-state index is 0.743. The van der Waals surface area contributed by atoms with Gasteiger partial charge in [-0.3, -0.25) is 0 Å². The van der Waals surface area contributed by atoms with Crippen molar-refractivity contribution in [3.63, 3.8) is 0 Å². The molecule has 1 saturated carbocycles. The average molecular weight is 183 g/mol. The molecule has 0 amide bonds. The van der Waals surface area contributed by atoms with Crippen LogP contribution >= 0.6 is 0 Å². The van der Waals surface area contributed by atoms with Crippen molar-refractivity contribution in [1.82, 2.24) is 5.32 Å². The topological polar surface area (TPSA) is 12.0 Å². The van der Waals surface area contributed by atoms with Gasteiger partial charge in [-0.15, -0.1) is 0 Å². The average Bonchev–Trinajstić information content (AvgIpc) is 2.15. The Balaban J connectivity index is 2.19. The molecule has 0 aromatic carbocycles. The summed E-state index contributed by atoms with van der Waals surface area (Å²) in [6, 6.07) is 0.743. The summed E-state index contributed by atoms with van der Waals surface area (Å²) in [5.41, 5.74) is 0. The van der Waals surface area contributed by atoms with Gasteiger partial charge in [0, 0.05) is 6.04 Å². The van der Waals surface area contributed by atoms with Gasteiger partial charge in [-0.1, -0.05) is 26.7 Å². The second-order valence-electron chi connectivity index (χ2n) is 4.76. The fraction of sp³-hybridized carbons (Fsp3) is 1.00. The molecule has 1 heteroatoms. The molecule has 1 unspecified atom stereocenters. The van der Waals surface area contributed by atoms with Gasteiger partial charge in [-0.05, 0) is 44.6 Å². The zero-order valence-electron chi connectivity index (χ0n) is 9.47. The van der Waals surface area contributed by atoms with E-state index in [-0.39, 0.29) is 0 Å². The molecule has 0 radical (unpaired) electrons. The Labute approximate surface area is 83.3 Å². The number of hydrogen-bond acceptors (Lipinski definition) is 1. The lowest BCUT2D eigenvalue weighted by molar-refractivity contribution is 0.239. The van der Waals surface area contributed by atoms with E-state index in [1.54, 1.807) is 0 Å². The lowest BCUT2D eigenvalue weighted by atomic mass is 9.80. The summed E-state index contributed by atoms with van der Waals surface area (Å²) in [5, 5.41) is 3.62. The zero-order valence-corrected chi connectivity index (χ0v) is 9.47. The zero-order chi connectivity index (χ0) is 9.68. The second-order valence-corrected chi connectivity index (χ2v) is 4.76. The van der Waals surface area contributed by atoms with Crippen molar-refractivity contribution in [1.29, 1.82) is 0 Å². The van der Waals surface area contributed by atoms with Crippen molar-refractivity contribution in [3.8, 4) is 0 Å². The first-order chi connectivity index (χ1) is 6.24. The molecule has 0 aromatic rings. The van der Waals surface area contributed by atoms with Crippen molar-refractivity contribution >= 4 is 0 Å². The largest absolute Gasteiger partial charge is 0.314 e. The Morgan fingerprint density at radius 3 is 2.38 bits per heavy atom. The summed E-state index contributed by atoms with van der Waals surface area (Å²) in [7, 11) is 0. The van der Waals surface area contributed by atoms with Gasteiger partial charge < -0.3 is 5.32 Å². The Bertz CT molecular complexity index is 125. The van der Waals surface area contributed by atoms with E-state index in [1.165, 1.54) is 38.6 Å². The van der Waals surface area contributed by atoms with E-state index in [9.17, 15) is 0 Å². The van der Waals surface area contributed by atoms with E-state index >= 15 is 0 Å². The highest BCUT2D eigenvalue weighted by atomic mass is 14.9. The molecule has 1 aliphatic carbocycles. The van der Waals surface area contributed by atoms with Crippen molar-refractivity contribution in [2.75, 3.05) is 6.54 Å². The lowest BCUT2D eigenvalue weighted by Crippen LogP contribution is -2.35. The third kappa shape index (κ3) is 3.68. The van der Waals surface area contributed by atoms with Crippen LogP contribution in [0.25, 0.3) is 0 Å². The summed E-state index contributed by atoms with van der Waals surface area (Å²) in [5.74, 6) is 1.93. The van der Waals surface area contributed by atoms with Gasteiger partial charge in [-0.25, -0.2) is 0 Å². The van der Waals surface area contributed by atoms with Gasteiger partial charge in [-0.2, -0.15) is 0 Å². The van der Waals surface area contributed by atoms with Crippen LogP contribution < -0.4 is 5.32 Å². The summed E-state index contributed by atoms with van der Waals surface area (Å²) >= 11 is 0. The summed E-state index contributed by atoms with van der Waals surface area (Å²) in [4.78, 5) is 0. The molecule has 0 aliphatic heterocycles. The Kier molecular flexibility index (Phi) is 4.79. The maximum absolute atomic E-state index is 3.62. The third-order valence-electron chi connectivity index (χ3n) is 3.48. The first-order valence-corrected chi connectivity index (χ1v) is 5.97. The molecule has 0 bridgehead atoms. The number of rotatable bonds is 4. The molecule has 1 nitrogen and oxygen atoms in total. The van der Waals surface area contributed by atoms with Crippen LogP contribution in [-0.2, 0) is 0 Å². The molecule has 0 spiro atoms. The minimum Gasteiger partial charge on any atom is -0.314 e. The molecule has 1 rings (SSSR count). The fourth-order valence-corrected chi connectivity index (χ4v) is 2.32. The van der Waals surface area contributed by atoms with Crippen LogP contribution in [0, 0.1) is 11.8 Å². The van der Waals surface area contributed by atoms with Crippen LogP contribution in [0.1, 0.15) is 52.9 Å². The van der Waals surface area contributed by atoms with Crippen molar-refractivity contribution in [2.45, 2.75) is 58.9 Å². The van der Waals surface area contributed by atoms with Crippen LogP contribution in [0.4, 0.5) is 0 Å². The van der Waals surface area contributed by atoms with Crippen LogP contribution in [0.15, 0.2) is 0 Å². The van der Waals surface area contributed by atoms with E-state index in [1.807, 2.05) is 0 Å². The predicted octanol–water partition coefficient (Wildman–Crippen LogP) is 3.20. The molecule has 1 aliphatic rings. The van der Waals surface area contributed by atoms with Gasteiger partial charge in [0.1, 0.15) is 0 Å². The van der Waals surface area contributed by atoms with Crippen molar-refractivity contribution in [2.24, 2.45) is 11.8 Å².